The van der Waals surface area contributed by atoms with E-state index in [1.165, 1.54) is 14.2 Å². The quantitative estimate of drug-likeness (QED) is 0.471. The second-order valence-corrected chi connectivity index (χ2v) is 7.52. The van der Waals surface area contributed by atoms with Gasteiger partial charge in [0.05, 0.1) is 39.1 Å². The molecule has 0 fully saturated rings. The molecule has 4 rings (SSSR count). The monoisotopic (exact) mass is 432 g/mol. The van der Waals surface area contributed by atoms with E-state index in [0.29, 0.717) is 28.4 Å². The van der Waals surface area contributed by atoms with Crippen LogP contribution in [-0.4, -0.2) is 30.0 Å². The maximum atomic E-state index is 13.6. The van der Waals surface area contributed by atoms with Crippen LogP contribution in [0.3, 0.4) is 0 Å². The van der Waals surface area contributed by atoms with Crippen LogP contribution in [0.4, 0.5) is 0 Å². The first kappa shape index (κ1) is 21.2. The number of hydrogen-bond donors (Lipinski definition) is 1. The SMILES string of the molecule is COc1ccc(OC)c(C(=O)N(Cc2ccco2)Cc2cc3cc(C)ccc3[nH]c2=O)c1. The third kappa shape index (κ3) is 4.37. The third-order valence-corrected chi connectivity index (χ3v) is 5.29. The first-order valence-electron chi connectivity index (χ1n) is 10.1. The second-order valence-electron chi connectivity index (χ2n) is 7.52. The highest BCUT2D eigenvalue weighted by molar-refractivity contribution is 5.97. The van der Waals surface area contributed by atoms with Crippen LogP contribution < -0.4 is 15.0 Å². The number of hydrogen-bond acceptors (Lipinski definition) is 5. The fourth-order valence-electron chi connectivity index (χ4n) is 3.64. The van der Waals surface area contributed by atoms with Crippen LogP contribution in [0, 0.1) is 6.92 Å². The summed E-state index contributed by atoms with van der Waals surface area (Å²) in [4.78, 5) is 30.8. The van der Waals surface area contributed by atoms with Gasteiger partial charge in [-0.05, 0) is 60.8 Å². The summed E-state index contributed by atoms with van der Waals surface area (Å²) in [5.41, 5.74) is 2.41. The Morgan fingerprint density at radius 3 is 2.59 bits per heavy atom. The molecule has 0 aliphatic carbocycles. The van der Waals surface area contributed by atoms with E-state index in [1.54, 1.807) is 41.5 Å². The Morgan fingerprint density at radius 1 is 1.03 bits per heavy atom. The summed E-state index contributed by atoms with van der Waals surface area (Å²) in [5.74, 6) is 1.25. The van der Waals surface area contributed by atoms with Gasteiger partial charge >= 0.3 is 0 Å². The summed E-state index contributed by atoms with van der Waals surface area (Å²) in [7, 11) is 3.04. The van der Waals surface area contributed by atoms with E-state index in [-0.39, 0.29) is 24.6 Å². The number of H-pyrrole nitrogens is 1. The van der Waals surface area contributed by atoms with Gasteiger partial charge in [-0.2, -0.15) is 0 Å². The lowest BCUT2D eigenvalue weighted by Crippen LogP contribution is -2.32. The zero-order chi connectivity index (χ0) is 22.7. The average Bonchev–Trinajstić information content (AvgIpc) is 3.31. The van der Waals surface area contributed by atoms with E-state index < -0.39 is 0 Å². The molecule has 1 amide bonds. The number of benzene rings is 2. The van der Waals surface area contributed by atoms with E-state index in [0.717, 1.165) is 16.5 Å². The molecule has 0 saturated carbocycles. The molecule has 7 nitrogen and oxygen atoms in total. The van der Waals surface area contributed by atoms with Crippen molar-refractivity contribution in [1.29, 1.82) is 0 Å². The molecule has 7 heteroatoms. The Labute approximate surface area is 185 Å². The zero-order valence-electron chi connectivity index (χ0n) is 18.2. The number of furan rings is 1. The molecule has 0 bridgehead atoms. The zero-order valence-corrected chi connectivity index (χ0v) is 18.2. The number of nitrogens with one attached hydrogen (secondary N) is 1. The van der Waals surface area contributed by atoms with Gasteiger partial charge in [-0.25, -0.2) is 0 Å². The van der Waals surface area contributed by atoms with Gasteiger partial charge in [0.2, 0.25) is 0 Å². The maximum Gasteiger partial charge on any atom is 0.258 e. The number of pyridine rings is 1. The summed E-state index contributed by atoms with van der Waals surface area (Å²) in [5, 5.41) is 0.906. The molecule has 0 spiro atoms. The predicted molar refractivity (Wildman–Crippen MR) is 121 cm³/mol. The molecule has 0 saturated heterocycles. The minimum absolute atomic E-state index is 0.0963. The number of fused-ring (bicyclic) bond motifs is 1. The summed E-state index contributed by atoms with van der Waals surface area (Å²) in [6.45, 7) is 2.28. The molecule has 32 heavy (non-hydrogen) atoms. The van der Waals surface area contributed by atoms with Crippen LogP contribution in [0.25, 0.3) is 10.9 Å². The van der Waals surface area contributed by atoms with E-state index >= 15 is 0 Å². The fraction of sp³-hybridized carbons (Fsp3) is 0.200. The maximum absolute atomic E-state index is 13.6. The van der Waals surface area contributed by atoms with E-state index in [2.05, 4.69) is 4.98 Å². The molecule has 164 valence electrons. The van der Waals surface area contributed by atoms with Gasteiger partial charge in [0.15, 0.2) is 0 Å². The van der Waals surface area contributed by atoms with Crippen molar-refractivity contribution in [3.05, 3.63) is 93.7 Å². The van der Waals surface area contributed by atoms with Gasteiger partial charge < -0.3 is 23.8 Å². The van der Waals surface area contributed by atoms with E-state index in [9.17, 15) is 9.59 Å². The predicted octanol–water partition coefficient (Wildman–Crippen LogP) is 4.29. The summed E-state index contributed by atoms with van der Waals surface area (Å²) < 4.78 is 16.2. The Balaban J connectivity index is 1.75. The largest absolute Gasteiger partial charge is 0.497 e. The third-order valence-electron chi connectivity index (χ3n) is 5.29. The van der Waals surface area contributed by atoms with Crippen LogP contribution in [0.15, 0.2) is 70.1 Å². The topological polar surface area (TPSA) is 84.8 Å². The molecule has 0 radical (unpaired) electrons. The highest BCUT2D eigenvalue weighted by Crippen LogP contribution is 2.27. The van der Waals surface area contributed by atoms with Crippen molar-refractivity contribution in [1.82, 2.24) is 9.88 Å². The molecule has 0 atom stereocenters. The van der Waals surface area contributed by atoms with Gasteiger partial charge in [-0.15, -0.1) is 0 Å². The van der Waals surface area contributed by atoms with Crippen LogP contribution in [0.2, 0.25) is 0 Å². The number of methoxy groups -OCH3 is 2. The number of nitrogens with zero attached hydrogens (tertiary/aromatic N) is 1. The molecule has 4 aromatic rings. The van der Waals surface area contributed by atoms with Crippen molar-refractivity contribution >= 4 is 16.8 Å². The van der Waals surface area contributed by atoms with Gasteiger partial charge in [0.25, 0.3) is 11.5 Å². The molecular weight excluding hydrogens is 408 g/mol. The summed E-state index contributed by atoms with van der Waals surface area (Å²) in [6, 6.07) is 16.2. The van der Waals surface area contributed by atoms with Gasteiger partial charge in [0.1, 0.15) is 17.3 Å². The molecule has 1 N–H and O–H groups in total. The van der Waals surface area contributed by atoms with Crippen molar-refractivity contribution < 1.29 is 18.7 Å². The molecule has 0 unspecified atom stereocenters. The van der Waals surface area contributed by atoms with E-state index in [1.807, 2.05) is 31.2 Å². The second kappa shape index (κ2) is 9.01. The van der Waals surface area contributed by atoms with Crippen molar-refractivity contribution in [3.63, 3.8) is 0 Å². The highest BCUT2D eigenvalue weighted by atomic mass is 16.5. The number of rotatable bonds is 7. The fourth-order valence-corrected chi connectivity index (χ4v) is 3.64. The number of amides is 1. The van der Waals surface area contributed by atoms with Crippen LogP contribution in [0.1, 0.15) is 27.2 Å². The van der Waals surface area contributed by atoms with Crippen LogP contribution in [0.5, 0.6) is 11.5 Å². The van der Waals surface area contributed by atoms with Crippen molar-refractivity contribution in [2.24, 2.45) is 0 Å². The summed E-state index contributed by atoms with van der Waals surface area (Å²) >= 11 is 0. The number of carbonyl (C=O) groups is 1. The molecule has 0 aliphatic rings. The lowest BCUT2D eigenvalue weighted by molar-refractivity contribution is 0.0713. The number of ether oxygens (including phenoxy) is 2. The first-order chi connectivity index (χ1) is 15.5. The van der Waals surface area contributed by atoms with Crippen LogP contribution in [-0.2, 0) is 13.1 Å². The molecule has 2 heterocycles. The minimum Gasteiger partial charge on any atom is -0.497 e. The number of aryl methyl sites for hydroxylation is 1. The Kier molecular flexibility index (Phi) is 5.98. The molecule has 2 aromatic carbocycles. The number of carbonyl (C=O) groups excluding carboxylic acids is 1. The average molecular weight is 432 g/mol. The first-order valence-corrected chi connectivity index (χ1v) is 10.1. The molecule has 0 aliphatic heterocycles. The Hall–Kier alpha value is -4.00. The van der Waals surface area contributed by atoms with E-state index in [4.69, 9.17) is 13.9 Å². The standard InChI is InChI=1S/C25H24N2O5/c1-16-6-8-22-17(11-16)12-18(24(28)26-22)14-27(15-20-5-4-10-32-20)25(29)21-13-19(30-2)7-9-23(21)31-3/h4-13H,14-15H2,1-3H3,(H,26,28). The lowest BCUT2D eigenvalue weighted by atomic mass is 10.1. The highest BCUT2D eigenvalue weighted by Gasteiger charge is 2.23. The van der Waals surface area contributed by atoms with Crippen molar-refractivity contribution in [2.45, 2.75) is 20.0 Å². The minimum atomic E-state index is -0.305. The molecular formula is C25H24N2O5. The Bertz CT molecular complexity index is 1310. The lowest BCUT2D eigenvalue weighted by Gasteiger charge is -2.23. The van der Waals surface area contributed by atoms with Crippen LogP contribution >= 0.6 is 0 Å². The number of aromatic amines is 1. The van der Waals surface area contributed by atoms with Gasteiger partial charge in [-0.1, -0.05) is 11.6 Å². The number of aromatic nitrogens is 1. The van der Waals surface area contributed by atoms with Crippen molar-refractivity contribution in [2.75, 3.05) is 14.2 Å². The molecule has 2 aromatic heterocycles. The van der Waals surface area contributed by atoms with Gasteiger partial charge in [0, 0.05) is 11.1 Å². The van der Waals surface area contributed by atoms with Gasteiger partial charge in [-0.3, -0.25) is 9.59 Å². The Morgan fingerprint density at radius 2 is 1.88 bits per heavy atom. The smallest absolute Gasteiger partial charge is 0.258 e. The van der Waals surface area contributed by atoms with Crippen molar-refractivity contribution in [3.8, 4) is 11.5 Å². The summed E-state index contributed by atoms with van der Waals surface area (Å²) in [6.07, 6.45) is 1.55. The normalized spacial score (nSPS) is 10.8.